The van der Waals surface area contributed by atoms with Gasteiger partial charge in [0.15, 0.2) is 0 Å². The first kappa shape index (κ1) is 15.9. The summed E-state index contributed by atoms with van der Waals surface area (Å²) >= 11 is 1.61. The van der Waals surface area contributed by atoms with Crippen molar-refractivity contribution in [1.29, 1.82) is 0 Å². The van der Waals surface area contributed by atoms with Crippen molar-refractivity contribution in [2.75, 3.05) is 18.0 Å². The molecule has 1 aliphatic rings. The van der Waals surface area contributed by atoms with Crippen molar-refractivity contribution < 1.29 is 4.79 Å². The summed E-state index contributed by atoms with van der Waals surface area (Å²) in [6.07, 6.45) is 4.33. The summed E-state index contributed by atoms with van der Waals surface area (Å²) < 4.78 is 0. The number of aromatic nitrogens is 2. The lowest BCUT2D eigenvalue weighted by Crippen LogP contribution is -2.48. The molecule has 1 saturated heterocycles. The van der Waals surface area contributed by atoms with E-state index in [2.05, 4.69) is 20.2 Å². The second-order valence-corrected chi connectivity index (χ2v) is 7.25. The van der Waals surface area contributed by atoms with Gasteiger partial charge < -0.3 is 10.2 Å². The molecule has 0 spiro atoms. The van der Waals surface area contributed by atoms with Gasteiger partial charge >= 0.3 is 0 Å². The zero-order chi connectivity index (χ0) is 16.2. The molecule has 0 aromatic carbocycles. The number of nitrogens with one attached hydrogen (secondary N) is 1. The van der Waals surface area contributed by atoms with Gasteiger partial charge in [-0.05, 0) is 38.8 Å². The van der Waals surface area contributed by atoms with Gasteiger partial charge in [-0.25, -0.2) is 9.97 Å². The monoisotopic (exact) mass is 330 g/mol. The van der Waals surface area contributed by atoms with Crippen molar-refractivity contribution in [3.05, 3.63) is 40.0 Å². The lowest BCUT2D eigenvalue weighted by molar-refractivity contribution is -0.121. The molecule has 0 saturated carbocycles. The second-order valence-electron chi connectivity index (χ2n) is 5.96. The van der Waals surface area contributed by atoms with Crippen LogP contribution in [0.2, 0.25) is 0 Å². The van der Waals surface area contributed by atoms with Crippen molar-refractivity contribution >= 4 is 23.1 Å². The molecular weight excluding hydrogens is 308 g/mol. The highest BCUT2D eigenvalue weighted by molar-refractivity contribution is 7.11. The van der Waals surface area contributed by atoms with Crippen LogP contribution in [0, 0.1) is 13.8 Å². The van der Waals surface area contributed by atoms with Crippen molar-refractivity contribution in [2.24, 2.45) is 0 Å². The normalized spacial score (nSPS) is 18.0. The lowest BCUT2D eigenvalue weighted by Gasteiger charge is -2.34. The fraction of sp³-hybridized carbons (Fsp3) is 0.471. The SMILES string of the molecule is Cc1nc(C)c(CC(=O)NC2CCCN(c3ccccn3)C2)s1. The van der Waals surface area contributed by atoms with Crippen LogP contribution < -0.4 is 10.2 Å². The van der Waals surface area contributed by atoms with E-state index in [0.29, 0.717) is 6.42 Å². The maximum atomic E-state index is 12.3. The molecule has 2 aromatic heterocycles. The van der Waals surface area contributed by atoms with Crippen LogP contribution in [0.5, 0.6) is 0 Å². The van der Waals surface area contributed by atoms with Crippen LogP contribution in [-0.2, 0) is 11.2 Å². The van der Waals surface area contributed by atoms with Gasteiger partial charge in [0.1, 0.15) is 5.82 Å². The van der Waals surface area contributed by atoms with Crippen molar-refractivity contribution in [2.45, 2.75) is 39.2 Å². The smallest absolute Gasteiger partial charge is 0.225 e. The number of anilines is 1. The topological polar surface area (TPSA) is 58.1 Å². The largest absolute Gasteiger partial charge is 0.355 e. The van der Waals surface area contributed by atoms with Crippen LogP contribution in [-0.4, -0.2) is 35.0 Å². The molecule has 0 aliphatic carbocycles. The molecule has 1 N–H and O–H groups in total. The fourth-order valence-electron chi connectivity index (χ4n) is 3.01. The first-order valence-corrected chi connectivity index (χ1v) is 8.81. The quantitative estimate of drug-likeness (QED) is 0.936. The molecule has 1 amide bonds. The molecule has 2 aromatic rings. The van der Waals surface area contributed by atoms with Crippen molar-refractivity contribution in [3.8, 4) is 0 Å². The number of hydrogen-bond donors (Lipinski definition) is 1. The van der Waals surface area contributed by atoms with Gasteiger partial charge in [0.25, 0.3) is 0 Å². The molecule has 5 nitrogen and oxygen atoms in total. The maximum Gasteiger partial charge on any atom is 0.225 e. The van der Waals surface area contributed by atoms with E-state index in [1.165, 1.54) is 0 Å². The Morgan fingerprint density at radius 1 is 1.43 bits per heavy atom. The third kappa shape index (κ3) is 4.07. The number of piperidine rings is 1. The number of hydrogen-bond acceptors (Lipinski definition) is 5. The molecule has 1 fully saturated rings. The van der Waals surface area contributed by atoms with E-state index >= 15 is 0 Å². The van der Waals surface area contributed by atoms with Gasteiger partial charge in [-0.2, -0.15) is 0 Å². The van der Waals surface area contributed by atoms with E-state index in [9.17, 15) is 4.79 Å². The average molecular weight is 330 g/mol. The number of amides is 1. The average Bonchev–Trinajstić information content (AvgIpc) is 2.86. The highest BCUT2D eigenvalue weighted by Gasteiger charge is 2.22. The third-order valence-electron chi connectivity index (χ3n) is 4.08. The number of carbonyl (C=O) groups excluding carboxylic acids is 1. The summed E-state index contributed by atoms with van der Waals surface area (Å²) in [6, 6.07) is 6.13. The molecule has 0 bridgehead atoms. The summed E-state index contributed by atoms with van der Waals surface area (Å²) in [5.74, 6) is 1.07. The van der Waals surface area contributed by atoms with Crippen molar-refractivity contribution in [1.82, 2.24) is 15.3 Å². The van der Waals surface area contributed by atoms with E-state index in [0.717, 1.165) is 47.3 Å². The summed E-state index contributed by atoms with van der Waals surface area (Å²) in [4.78, 5) is 24.4. The molecule has 1 atom stereocenters. The maximum absolute atomic E-state index is 12.3. The van der Waals surface area contributed by atoms with Gasteiger partial charge in [-0.3, -0.25) is 4.79 Å². The molecule has 23 heavy (non-hydrogen) atoms. The van der Waals surface area contributed by atoms with Crippen molar-refractivity contribution in [3.63, 3.8) is 0 Å². The minimum atomic E-state index is 0.0876. The number of thiazole rings is 1. The van der Waals surface area contributed by atoms with Gasteiger partial charge in [0, 0.05) is 30.2 Å². The predicted octanol–water partition coefficient (Wildman–Crippen LogP) is 2.48. The number of nitrogens with zero attached hydrogens (tertiary/aromatic N) is 3. The van der Waals surface area contributed by atoms with Crippen LogP contribution in [0.15, 0.2) is 24.4 Å². The Balaban J connectivity index is 1.57. The van der Waals surface area contributed by atoms with Crippen LogP contribution in [0.3, 0.4) is 0 Å². The van der Waals surface area contributed by atoms with E-state index in [-0.39, 0.29) is 11.9 Å². The number of pyridine rings is 1. The molecule has 1 unspecified atom stereocenters. The van der Waals surface area contributed by atoms with E-state index in [1.807, 2.05) is 38.2 Å². The Morgan fingerprint density at radius 3 is 3.00 bits per heavy atom. The number of aryl methyl sites for hydroxylation is 2. The molecule has 6 heteroatoms. The van der Waals surface area contributed by atoms with E-state index in [4.69, 9.17) is 0 Å². The standard InChI is InChI=1S/C17H22N4OS/c1-12-15(23-13(2)19-12)10-17(22)20-14-6-5-9-21(11-14)16-7-3-4-8-18-16/h3-4,7-8,14H,5-6,9-11H2,1-2H3,(H,20,22). The van der Waals surface area contributed by atoms with Gasteiger partial charge in [0.2, 0.25) is 5.91 Å². The molecule has 1 aliphatic heterocycles. The zero-order valence-corrected chi connectivity index (χ0v) is 14.4. The highest BCUT2D eigenvalue weighted by Crippen LogP contribution is 2.19. The Morgan fingerprint density at radius 2 is 2.30 bits per heavy atom. The van der Waals surface area contributed by atoms with Crippen LogP contribution in [0.1, 0.15) is 28.4 Å². The van der Waals surface area contributed by atoms with Gasteiger partial charge in [-0.1, -0.05) is 6.07 Å². The summed E-state index contributed by atoms with van der Waals surface area (Å²) in [5, 5.41) is 4.19. The first-order chi connectivity index (χ1) is 11.1. The van der Waals surface area contributed by atoms with Crippen LogP contribution in [0.4, 0.5) is 5.82 Å². The van der Waals surface area contributed by atoms with E-state index < -0.39 is 0 Å². The lowest BCUT2D eigenvalue weighted by atomic mass is 10.1. The number of carbonyl (C=O) groups is 1. The summed E-state index contributed by atoms with van der Waals surface area (Å²) in [5.41, 5.74) is 0.974. The fourth-order valence-corrected chi connectivity index (χ4v) is 3.94. The van der Waals surface area contributed by atoms with Gasteiger partial charge in [0.05, 0.1) is 17.1 Å². The minimum Gasteiger partial charge on any atom is -0.355 e. The Kier molecular flexibility index (Phi) is 4.91. The van der Waals surface area contributed by atoms with Crippen LogP contribution >= 0.6 is 11.3 Å². The Labute approximate surface area is 140 Å². The zero-order valence-electron chi connectivity index (χ0n) is 13.6. The summed E-state index contributed by atoms with van der Waals surface area (Å²) in [7, 11) is 0. The van der Waals surface area contributed by atoms with Crippen LogP contribution in [0.25, 0.3) is 0 Å². The van der Waals surface area contributed by atoms with Gasteiger partial charge in [-0.15, -0.1) is 11.3 Å². The summed E-state index contributed by atoms with van der Waals surface area (Å²) in [6.45, 7) is 5.76. The van der Waals surface area contributed by atoms with E-state index in [1.54, 1.807) is 11.3 Å². The second kappa shape index (κ2) is 7.08. The Hall–Kier alpha value is -1.95. The number of rotatable bonds is 4. The first-order valence-electron chi connectivity index (χ1n) is 8.00. The highest BCUT2D eigenvalue weighted by atomic mass is 32.1. The molecule has 3 heterocycles. The third-order valence-corrected chi connectivity index (χ3v) is 5.15. The molecular formula is C17H22N4OS. The Bertz CT molecular complexity index is 670. The molecule has 0 radical (unpaired) electrons. The molecule has 122 valence electrons. The minimum absolute atomic E-state index is 0.0876. The molecule has 3 rings (SSSR count). The predicted molar refractivity (Wildman–Crippen MR) is 92.9 cm³/mol.